The standard InChI is InChI=1S/C7H10/c1-2-6-4-7(3-1)5-6/h4,6H,1-3,5H2. The van der Waals surface area contributed by atoms with Gasteiger partial charge in [0.1, 0.15) is 0 Å². The first-order valence-corrected chi connectivity index (χ1v) is 3.15. The average Bonchev–Trinajstić information content (AvgIpc) is 1.67. The Labute approximate surface area is 44.2 Å². The SMILES string of the molecule is C1=C2CCCC1C2. The maximum absolute atomic E-state index is 2.45. The van der Waals surface area contributed by atoms with Gasteiger partial charge in [0.25, 0.3) is 0 Å². The highest BCUT2D eigenvalue weighted by atomic mass is 14.3. The van der Waals surface area contributed by atoms with Crippen LogP contribution < -0.4 is 0 Å². The minimum Gasteiger partial charge on any atom is -0.0819 e. The minimum atomic E-state index is 1.02. The Morgan fingerprint density at radius 3 is 2.57 bits per heavy atom. The first-order chi connectivity index (χ1) is 3.45. The van der Waals surface area contributed by atoms with Gasteiger partial charge in [-0.1, -0.05) is 11.6 Å². The van der Waals surface area contributed by atoms with E-state index in [1.165, 1.54) is 25.7 Å². The number of rotatable bonds is 0. The fourth-order valence-corrected chi connectivity index (χ4v) is 1.60. The zero-order valence-corrected chi connectivity index (χ0v) is 4.48. The molecule has 3 aliphatic carbocycles. The van der Waals surface area contributed by atoms with E-state index in [0.717, 1.165) is 5.92 Å². The highest BCUT2D eigenvalue weighted by Crippen LogP contribution is 2.38. The topological polar surface area (TPSA) is 0 Å². The number of hydrogen-bond donors (Lipinski definition) is 0. The first-order valence-electron chi connectivity index (χ1n) is 3.15. The van der Waals surface area contributed by atoms with E-state index < -0.39 is 0 Å². The van der Waals surface area contributed by atoms with E-state index in [0.29, 0.717) is 0 Å². The van der Waals surface area contributed by atoms with E-state index >= 15 is 0 Å². The zero-order valence-electron chi connectivity index (χ0n) is 4.48. The van der Waals surface area contributed by atoms with Gasteiger partial charge in [-0.15, -0.1) is 0 Å². The van der Waals surface area contributed by atoms with E-state index in [4.69, 9.17) is 0 Å². The smallest absolute Gasteiger partial charge is 0.0193 e. The Bertz CT molecular complexity index is 111. The molecule has 3 aliphatic rings. The van der Waals surface area contributed by atoms with Crippen molar-refractivity contribution in [3.05, 3.63) is 11.6 Å². The van der Waals surface area contributed by atoms with Crippen LogP contribution in [0.2, 0.25) is 0 Å². The molecule has 7 heavy (non-hydrogen) atoms. The van der Waals surface area contributed by atoms with Crippen molar-refractivity contribution in [3.8, 4) is 0 Å². The summed E-state index contributed by atoms with van der Waals surface area (Å²) in [5.74, 6) is 1.02. The first kappa shape index (κ1) is 3.71. The largest absolute Gasteiger partial charge is 0.0819 e. The predicted molar refractivity (Wildman–Crippen MR) is 30.0 cm³/mol. The highest BCUT2D eigenvalue weighted by molar-refractivity contribution is 5.19. The molecule has 3 rings (SSSR count). The van der Waals surface area contributed by atoms with Crippen LogP contribution in [0.4, 0.5) is 0 Å². The molecule has 0 aromatic rings. The molecule has 1 unspecified atom stereocenters. The van der Waals surface area contributed by atoms with Crippen LogP contribution in [0.5, 0.6) is 0 Å². The fraction of sp³-hybridized carbons (Fsp3) is 0.714. The summed E-state index contributed by atoms with van der Waals surface area (Å²) in [4.78, 5) is 0. The van der Waals surface area contributed by atoms with Crippen LogP contribution in [0.3, 0.4) is 0 Å². The summed E-state index contributed by atoms with van der Waals surface area (Å²) in [5.41, 5.74) is 1.73. The van der Waals surface area contributed by atoms with Crippen molar-refractivity contribution in [2.75, 3.05) is 0 Å². The molecule has 38 valence electrons. The predicted octanol–water partition coefficient (Wildman–Crippen LogP) is 2.12. The van der Waals surface area contributed by atoms with E-state index in [1.807, 2.05) is 0 Å². The average molecular weight is 94.2 g/mol. The molecule has 0 aromatic heterocycles. The lowest BCUT2D eigenvalue weighted by atomic mass is 9.75. The molecule has 0 amide bonds. The van der Waals surface area contributed by atoms with Gasteiger partial charge in [0.05, 0.1) is 0 Å². The van der Waals surface area contributed by atoms with Crippen LogP contribution >= 0.6 is 0 Å². The fourth-order valence-electron chi connectivity index (χ4n) is 1.60. The van der Waals surface area contributed by atoms with E-state index in [2.05, 4.69) is 6.08 Å². The van der Waals surface area contributed by atoms with E-state index in [9.17, 15) is 0 Å². The van der Waals surface area contributed by atoms with Gasteiger partial charge >= 0.3 is 0 Å². The quantitative estimate of drug-likeness (QED) is 0.403. The molecule has 1 fully saturated rings. The van der Waals surface area contributed by atoms with E-state index in [-0.39, 0.29) is 0 Å². The van der Waals surface area contributed by atoms with Crippen LogP contribution in [0.15, 0.2) is 11.6 Å². The highest BCUT2D eigenvalue weighted by Gasteiger charge is 2.22. The van der Waals surface area contributed by atoms with Crippen LogP contribution in [0.1, 0.15) is 25.7 Å². The molecular weight excluding hydrogens is 84.1 g/mol. The summed E-state index contributed by atoms with van der Waals surface area (Å²) in [6, 6.07) is 0. The van der Waals surface area contributed by atoms with Crippen molar-refractivity contribution in [1.82, 2.24) is 0 Å². The molecule has 2 bridgehead atoms. The van der Waals surface area contributed by atoms with Crippen molar-refractivity contribution in [1.29, 1.82) is 0 Å². The van der Waals surface area contributed by atoms with Gasteiger partial charge in [-0.25, -0.2) is 0 Å². The molecule has 0 radical (unpaired) electrons. The molecule has 0 heteroatoms. The second kappa shape index (κ2) is 1.12. The summed E-state index contributed by atoms with van der Waals surface area (Å²) >= 11 is 0. The summed E-state index contributed by atoms with van der Waals surface area (Å²) in [7, 11) is 0. The van der Waals surface area contributed by atoms with Crippen LogP contribution in [0, 0.1) is 5.92 Å². The Morgan fingerprint density at radius 2 is 2.43 bits per heavy atom. The molecule has 0 aliphatic heterocycles. The summed E-state index contributed by atoms with van der Waals surface area (Å²) in [5, 5.41) is 0. The minimum absolute atomic E-state index is 1.02. The number of hydrogen-bond acceptors (Lipinski definition) is 0. The Balaban J connectivity index is 2.21. The molecule has 0 spiro atoms. The van der Waals surface area contributed by atoms with Crippen molar-refractivity contribution < 1.29 is 0 Å². The molecule has 1 atom stereocenters. The Hall–Kier alpha value is -0.260. The summed E-state index contributed by atoms with van der Waals surface area (Å²) < 4.78 is 0. The monoisotopic (exact) mass is 94.1 g/mol. The van der Waals surface area contributed by atoms with Gasteiger partial charge in [-0.2, -0.15) is 0 Å². The van der Waals surface area contributed by atoms with Gasteiger partial charge in [0.2, 0.25) is 0 Å². The van der Waals surface area contributed by atoms with Gasteiger partial charge < -0.3 is 0 Å². The van der Waals surface area contributed by atoms with Crippen molar-refractivity contribution in [2.24, 2.45) is 5.92 Å². The third-order valence-electron chi connectivity index (χ3n) is 2.07. The van der Waals surface area contributed by atoms with Crippen LogP contribution in [-0.2, 0) is 0 Å². The van der Waals surface area contributed by atoms with Gasteiger partial charge in [0.15, 0.2) is 0 Å². The van der Waals surface area contributed by atoms with Gasteiger partial charge in [-0.3, -0.25) is 0 Å². The molecule has 0 heterocycles. The molecular formula is C7H10. The summed E-state index contributed by atoms with van der Waals surface area (Å²) in [6.07, 6.45) is 8.25. The Kier molecular flexibility index (Phi) is 0.592. The lowest BCUT2D eigenvalue weighted by Crippen LogP contribution is -2.15. The lowest BCUT2D eigenvalue weighted by Gasteiger charge is -2.31. The van der Waals surface area contributed by atoms with Crippen LogP contribution in [0.25, 0.3) is 0 Å². The number of fused-ring (bicyclic) bond motifs is 2. The maximum Gasteiger partial charge on any atom is -0.0193 e. The molecule has 1 saturated carbocycles. The third kappa shape index (κ3) is 0.425. The molecule has 0 nitrogen and oxygen atoms in total. The zero-order chi connectivity index (χ0) is 4.69. The van der Waals surface area contributed by atoms with Crippen LogP contribution in [-0.4, -0.2) is 0 Å². The number of allylic oxidation sites excluding steroid dienone is 2. The van der Waals surface area contributed by atoms with Gasteiger partial charge in [-0.05, 0) is 31.6 Å². The second-order valence-corrected chi connectivity index (χ2v) is 2.68. The van der Waals surface area contributed by atoms with E-state index in [1.54, 1.807) is 5.57 Å². The molecule has 0 saturated heterocycles. The lowest BCUT2D eigenvalue weighted by molar-refractivity contribution is 0.436. The van der Waals surface area contributed by atoms with Crippen molar-refractivity contribution in [2.45, 2.75) is 25.7 Å². The maximum atomic E-state index is 2.45. The van der Waals surface area contributed by atoms with Gasteiger partial charge in [0, 0.05) is 0 Å². The Morgan fingerprint density at radius 1 is 1.57 bits per heavy atom. The van der Waals surface area contributed by atoms with Crippen molar-refractivity contribution >= 4 is 0 Å². The molecule has 0 N–H and O–H groups in total. The normalized spacial score (nSPS) is 36.6. The summed E-state index contributed by atoms with van der Waals surface area (Å²) in [6.45, 7) is 0. The van der Waals surface area contributed by atoms with Crippen molar-refractivity contribution in [3.63, 3.8) is 0 Å². The second-order valence-electron chi connectivity index (χ2n) is 2.68. The molecule has 0 aromatic carbocycles. The third-order valence-corrected chi connectivity index (χ3v) is 2.07.